The molecule has 2 aliphatic rings. The molecule has 2 fully saturated rings. The molecule has 1 unspecified atom stereocenters. The third-order valence-corrected chi connectivity index (χ3v) is 6.85. The van der Waals surface area contributed by atoms with Gasteiger partial charge in [-0.05, 0) is 19.1 Å². The van der Waals surface area contributed by atoms with E-state index in [2.05, 4.69) is 19.9 Å². The summed E-state index contributed by atoms with van der Waals surface area (Å²) >= 11 is 3.47. The minimum Gasteiger partial charge on any atom is -0.469 e. The van der Waals surface area contributed by atoms with Gasteiger partial charge in [0, 0.05) is 13.1 Å². The molecule has 0 bridgehead atoms. The fourth-order valence-corrected chi connectivity index (χ4v) is 5.78. The number of hydrogen-bond acceptors (Lipinski definition) is 8. The molecule has 1 atom stereocenters. The minimum atomic E-state index is -0.0815. The highest BCUT2D eigenvalue weighted by atomic mass is 32.2. The van der Waals surface area contributed by atoms with Crippen LogP contribution in [0.3, 0.4) is 0 Å². The van der Waals surface area contributed by atoms with Crippen LogP contribution in [0.1, 0.15) is 11.4 Å². The van der Waals surface area contributed by atoms with Gasteiger partial charge in [0.15, 0.2) is 5.82 Å². The maximum Gasteiger partial charge on any atom is 0.310 e. The molecule has 0 saturated carbocycles. The van der Waals surface area contributed by atoms with E-state index < -0.39 is 0 Å². The van der Waals surface area contributed by atoms with E-state index in [1.54, 1.807) is 17.7 Å². The lowest BCUT2D eigenvalue weighted by molar-refractivity contribution is -0.146. The van der Waals surface area contributed by atoms with Crippen molar-refractivity contribution in [2.45, 2.75) is 18.1 Å². The van der Waals surface area contributed by atoms with Gasteiger partial charge in [-0.15, -0.1) is 0 Å². The molecule has 2 aromatic rings. The van der Waals surface area contributed by atoms with Crippen LogP contribution in [0, 0.1) is 12.8 Å². The number of rotatable bonds is 2. The van der Waals surface area contributed by atoms with Crippen LogP contribution in [0.2, 0.25) is 0 Å². The zero-order chi connectivity index (χ0) is 15.3. The van der Waals surface area contributed by atoms with Crippen LogP contribution in [-0.2, 0) is 9.53 Å². The van der Waals surface area contributed by atoms with Gasteiger partial charge in [-0.3, -0.25) is 4.79 Å². The van der Waals surface area contributed by atoms with E-state index in [0.717, 1.165) is 46.4 Å². The number of aromatic nitrogens is 3. The summed E-state index contributed by atoms with van der Waals surface area (Å²) in [6, 6.07) is 0. The van der Waals surface area contributed by atoms with E-state index in [-0.39, 0.29) is 16.6 Å². The second-order valence-electron chi connectivity index (χ2n) is 5.72. The Morgan fingerprint density at radius 2 is 2.27 bits per heavy atom. The molecule has 1 spiro atoms. The van der Waals surface area contributed by atoms with Gasteiger partial charge in [-0.2, -0.15) is 11.8 Å². The minimum absolute atomic E-state index is 0.00625. The number of ether oxygens (including phenoxy) is 1. The molecule has 0 aromatic carbocycles. The fourth-order valence-electron chi connectivity index (χ4n) is 3.36. The van der Waals surface area contributed by atoms with Crippen molar-refractivity contribution in [2.75, 3.05) is 30.9 Å². The molecule has 4 heterocycles. The third kappa shape index (κ3) is 2.00. The summed E-state index contributed by atoms with van der Waals surface area (Å²) in [4.78, 5) is 28.4. The van der Waals surface area contributed by atoms with Crippen LogP contribution in [-0.4, -0.2) is 51.6 Å². The van der Waals surface area contributed by atoms with Crippen LogP contribution in [0.5, 0.6) is 0 Å². The molecule has 0 radical (unpaired) electrons. The molecule has 0 amide bonds. The van der Waals surface area contributed by atoms with Crippen LogP contribution in [0.25, 0.3) is 10.3 Å². The summed E-state index contributed by atoms with van der Waals surface area (Å²) in [5.74, 6) is 1.81. The predicted molar refractivity (Wildman–Crippen MR) is 87.5 cm³/mol. The zero-order valence-corrected chi connectivity index (χ0v) is 14.0. The molecular weight excluding hydrogens is 320 g/mol. The Morgan fingerprint density at radius 1 is 1.45 bits per heavy atom. The van der Waals surface area contributed by atoms with Crippen molar-refractivity contribution < 1.29 is 9.53 Å². The highest BCUT2D eigenvalue weighted by molar-refractivity contribution is 8.01. The Hall–Kier alpha value is -1.41. The van der Waals surface area contributed by atoms with Gasteiger partial charge >= 0.3 is 5.97 Å². The summed E-state index contributed by atoms with van der Waals surface area (Å²) in [5.41, 5.74) is 0.873. The maximum atomic E-state index is 12.0. The first-order valence-electron chi connectivity index (χ1n) is 7.18. The summed E-state index contributed by atoms with van der Waals surface area (Å²) in [6.07, 6.45) is 2.50. The first-order valence-corrected chi connectivity index (χ1v) is 8.98. The fraction of sp³-hybridized carbons (Fsp3) is 0.571. The van der Waals surface area contributed by atoms with E-state index in [1.807, 2.05) is 18.7 Å². The number of anilines is 1. The lowest BCUT2D eigenvalue weighted by Gasteiger charge is -2.50. The van der Waals surface area contributed by atoms with E-state index in [0.29, 0.717) is 0 Å². The van der Waals surface area contributed by atoms with Gasteiger partial charge in [0.05, 0.1) is 22.8 Å². The number of carbonyl (C=O) groups is 1. The SMILES string of the molecule is COC(=O)C1CCSC12CN(c1ncnc3sc(C)nc13)C2. The molecular formula is C14H16N4O2S2. The first kappa shape index (κ1) is 14.2. The van der Waals surface area contributed by atoms with Crippen molar-refractivity contribution in [1.82, 2.24) is 15.0 Å². The van der Waals surface area contributed by atoms with Crippen LogP contribution >= 0.6 is 23.1 Å². The molecule has 2 saturated heterocycles. The summed E-state index contributed by atoms with van der Waals surface area (Å²) < 4.78 is 4.95. The van der Waals surface area contributed by atoms with E-state index in [1.165, 1.54) is 7.11 Å². The van der Waals surface area contributed by atoms with Crippen molar-refractivity contribution in [3.05, 3.63) is 11.3 Å². The van der Waals surface area contributed by atoms with Gasteiger partial charge in [-0.1, -0.05) is 11.3 Å². The Morgan fingerprint density at radius 3 is 3.05 bits per heavy atom. The van der Waals surface area contributed by atoms with Crippen LogP contribution < -0.4 is 4.90 Å². The number of fused-ring (bicyclic) bond motifs is 1. The van der Waals surface area contributed by atoms with Crippen molar-refractivity contribution in [3.8, 4) is 0 Å². The number of thiazole rings is 1. The smallest absolute Gasteiger partial charge is 0.310 e. The Balaban J connectivity index is 1.61. The molecule has 2 aromatic heterocycles. The van der Waals surface area contributed by atoms with Crippen molar-refractivity contribution in [3.63, 3.8) is 0 Å². The van der Waals surface area contributed by atoms with Gasteiger partial charge in [0.1, 0.15) is 16.7 Å². The number of nitrogens with zero attached hydrogens (tertiary/aromatic N) is 4. The topological polar surface area (TPSA) is 68.2 Å². The third-order valence-electron chi connectivity index (χ3n) is 4.42. The van der Waals surface area contributed by atoms with Crippen molar-refractivity contribution >= 4 is 45.2 Å². The van der Waals surface area contributed by atoms with Crippen molar-refractivity contribution in [1.29, 1.82) is 0 Å². The number of esters is 1. The lowest BCUT2D eigenvalue weighted by Crippen LogP contribution is -2.63. The Bertz CT molecular complexity index is 742. The number of aryl methyl sites for hydroxylation is 1. The van der Waals surface area contributed by atoms with Crippen LogP contribution in [0.15, 0.2) is 6.33 Å². The molecule has 8 heteroatoms. The monoisotopic (exact) mass is 336 g/mol. The summed E-state index contributed by atoms with van der Waals surface area (Å²) in [6.45, 7) is 3.62. The van der Waals surface area contributed by atoms with Gasteiger partial charge < -0.3 is 9.64 Å². The first-order chi connectivity index (χ1) is 10.6. The van der Waals surface area contributed by atoms with E-state index >= 15 is 0 Å². The average Bonchev–Trinajstić information content (AvgIpc) is 3.06. The van der Waals surface area contributed by atoms with Crippen LogP contribution in [0.4, 0.5) is 5.82 Å². The van der Waals surface area contributed by atoms with Gasteiger partial charge in [0.25, 0.3) is 0 Å². The van der Waals surface area contributed by atoms with Crippen molar-refractivity contribution in [2.24, 2.45) is 5.92 Å². The standard InChI is InChI=1S/C14H16N4O2S2/c1-8-17-10-11(15-7-16-12(10)22-8)18-5-14(6-18)9(3-4-21-14)13(19)20-2/h7,9H,3-6H2,1-2H3. The number of hydrogen-bond donors (Lipinski definition) is 0. The lowest BCUT2D eigenvalue weighted by atomic mass is 9.83. The maximum absolute atomic E-state index is 12.0. The largest absolute Gasteiger partial charge is 0.469 e. The van der Waals surface area contributed by atoms with Gasteiger partial charge in [0.2, 0.25) is 0 Å². The van der Waals surface area contributed by atoms with E-state index in [9.17, 15) is 4.79 Å². The quantitative estimate of drug-likeness (QED) is 0.776. The molecule has 0 aliphatic carbocycles. The summed E-state index contributed by atoms with van der Waals surface area (Å²) in [7, 11) is 1.47. The number of carbonyl (C=O) groups excluding carboxylic acids is 1. The summed E-state index contributed by atoms with van der Waals surface area (Å²) in [5, 5.41) is 0.995. The zero-order valence-electron chi connectivity index (χ0n) is 12.4. The molecule has 2 aliphatic heterocycles. The molecule has 0 N–H and O–H groups in total. The van der Waals surface area contributed by atoms with Gasteiger partial charge in [-0.25, -0.2) is 15.0 Å². The molecule has 22 heavy (non-hydrogen) atoms. The second-order valence-corrected chi connectivity index (χ2v) is 8.41. The molecule has 4 rings (SSSR count). The highest BCUT2D eigenvalue weighted by Crippen LogP contribution is 2.50. The second kappa shape index (κ2) is 5.06. The average molecular weight is 336 g/mol. The molecule has 6 nitrogen and oxygen atoms in total. The number of methoxy groups -OCH3 is 1. The molecule has 116 valence electrons. The Labute approximate surface area is 136 Å². The van der Waals surface area contributed by atoms with E-state index in [4.69, 9.17) is 4.74 Å². The Kier molecular flexibility index (Phi) is 3.26. The number of thioether (sulfide) groups is 1. The predicted octanol–water partition coefficient (Wildman–Crippen LogP) is 1.88. The normalized spacial score (nSPS) is 23.0. The highest BCUT2D eigenvalue weighted by Gasteiger charge is 2.56.